The number of amides is 2. The number of aromatic nitrogens is 3. The molecule has 0 unspecified atom stereocenters. The van der Waals surface area contributed by atoms with E-state index in [2.05, 4.69) is 68.7 Å². The molecule has 5 aliphatic rings. The van der Waals surface area contributed by atoms with Crippen molar-refractivity contribution in [2.75, 3.05) is 34.2 Å². The van der Waals surface area contributed by atoms with Crippen LogP contribution in [0.25, 0.3) is 6.08 Å². The molecule has 0 aliphatic heterocycles. The minimum Gasteiger partial charge on any atom is -0.393 e. The van der Waals surface area contributed by atoms with Crippen molar-refractivity contribution in [3.05, 3.63) is 65.5 Å². The molecular weight excluding hydrogens is 709 g/mol. The summed E-state index contributed by atoms with van der Waals surface area (Å²) in [6.45, 7) is 21.2. The molecule has 2 amide bonds. The molecule has 10 atom stereocenters. The van der Waals surface area contributed by atoms with Gasteiger partial charge in [-0.15, -0.1) is 5.10 Å². The van der Waals surface area contributed by atoms with Crippen LogP contribution < -0.4 is 5.32 Å². The van der Waals surface area contributed by atoms with Crippen molar-refractivity contribution in [1.82, 2.24) is 30.1 Å². The summed E-state index contributed by atoms with van der Waals surface area (Å²) in [5.74, 6) is 2.38. The van der Waals surface area contributed by atoms with Crippen LogP contribution in [0.2, 0.25) is 0 Å². The van der Waals surface area contributed by atoms with Crippen molar-refractivity contribution < 1.29 is 14.7 Å². The molecule has 1 aromatic carbocycles. The van der Waals surface area contributed by atoms with Gasteiger partial charge < -0.3 is 20.2 Å². The number of aliphatic hydroxyl groups is 1. The quantitative estimate of drug-likeness (QED) is 0.177. The number of hydrogen-bond acceptors (Lipinski definition) is 6. The van der Waals surface area contributed by atoms with Crippen molar-refractivity contribution >= 4 is 17.9 Å². The normalized spacial score (nSPS) is 37.1. The summed E-state index contributed by atoms with van der Waals surface area (Å²) in [5, 5.41) is 23.5. The van der Waals surface area contributed by atoms with Gasteiger partial charge in [0, 0.05) is 25.7 Å². The van der Waals surface area contributed by atoms with E-state index in [1.165, 1.54) is 31.3 Å². The van der Waals surface area contributed by atoms with Crippen LogP contribution in [-0.2, 0) is 22.7 Å². The van der Waals surface area contributed by atoms with E-state index in [1.807, 2.05) is 63.7 Å². The lowest BCUT2D eigenvalue weighted by Gasteiger charge is -2.72. The van der Waals surface area contributed by atoms with E-state index < -0.39 is 5.41 Å². The number of hydrogen-bond donors (Lipinski definition) is 2. The molecule has 5 fully saturated rings. The van der Waals surface area contributed by atoms with Gasteiger partial charge in [0.25, 0.3) is 5.91 Å². The van der Waals surface area contributed by atoms with Gasteiger partial charge in [0.15, 0.2) is 0 Å². The van der Waals surface area contributed by atoms with E-state index in [9.17, 15) is 14.7 Å². The van der Waals surface area contributed by atoms with Crippen LogP contribution in [0.4, 0.5) is 0 Å². The number of allylic oxidation sites excluding steroid dienone is 1. The first-order chi connectivity index (χ1) is 26.9. The fraction of sp³-hybridized carbons (Fsp3) is 0.708. The lowest BCUT2D eigenvalue weighted by atomic mass is 9.32. The molecule has 1 heterocycles. The van der Waals surface area contributed by atoms with Gasteiger partial charge in [-0.3, -0.25) is 9.59 Å². The van der Waals surface area contributed by atoms with E-state index in [0.717, 1.165) is 50.6 Å². The monoisotopic (exact) mass is 781 g/mol. The molecule has 1 aromatic heterocycles. The molecule has 0 bridgehead atoms. The Labute approximate surface area is 343 Å². The van der Waals surface area contributed by atoms with Crippen LogP contribution in [0.1, 0.15) is 117 Å². The molecule has 9 heteroatoms. The highest BCUT2D eigenvalue weighted by Crippen LogP contribution is 2.77. The first kappa shape index (κ1) is 41.8. The summed E-state index contributed by atoms with van der Waals surface area (Å²) in [6, 6.07) is 9.91. The molecule has 0 radical (unpaired) electrons. The number of aliphatic hydroxyl groups excluding tert-OH is 1. The van der Waals surface area contributed by atoms with Crippen LogP contribution >= 0.6 is 0 Å². The zero-order valence-corrected chi connectivity index (χ0v) is 36.6. The summed E-state index contributed by atoms with van der Waals surface area (Å²) in [5.41, 5.74) is 3.59. The lowest BCUT2D eigenvalue weighted by Crippen LogP contribution is -2.67. The average Bonchev–Trinajstić information content (AvgIpc) is 3.80. The van der Waals surface area contributed by atoms with E-state index in [-0.39, 0.29) is 52.0 Å². The van der Waals surface area contributed by atoms with Gasteiger partial charge in [-0.1, -0.05) is 82.3 Å². The minimum absolute atomic E-state index is 0.0415. The van der Waals surface area contributed by atoms with E-state index >= 15 is 0 Å². The number of likely N-dealkylation sites (N-methyl/N-ethyl adjacent to an activating group) is 2. The number of rotatable bonds is 11. The smallest absolute Gasteiger partial charge is 0.251 e. The maximum atomic E-state index is 14.8. The first-order valence-corrected chi connectivity index (χ1v) is 22.0. The summed E-state index contributed by atoms with van der Waals surface area (Å²) >= 11 is 0. The Balaban J connectivity index is 1.09. The third kappa shape index (κ3) is 7.04. The van der Waals surface area contributed by atoms with Crippen molar-refractivity contribution in [2.45, 2.75) is 125 Å². The Kier molecular flexibility index (Phi) is 11.3. The second-order valence-corrected chi connectivity index (χ2v) is 20.9. The SMILES string of the molecule is C=C(C)[C@@H]1CC[C@]2(C(=O)NCc3cn(C/C(=C\c4ccccc4)C(=O)N(C)CCN(C)C)nn3)CC[C@]3(C)[C@H](CC[C@@H]4[C@@]5(C)CC[C@H](O)C(C)(C)[C@@H]5CC[C@]43C)[C@@H]12. The molecule has 0 spiro atoms. The highest BCUT2D eigenvalue weighted by atomic mass is 16.3. The van der Waals surface area contributed by atoms with Crippen molar-refractivity contribution in [3.8, 4) is 0 Å². The van der Waals surface area contributed by atoms with Crippen LogP contribution in [0, 0.1) is 56.7 Å². The summed E-state index contributed by atoms with van der Waals surface area (Å²) in [4.78, 5) is 32.3. The van der Waals surface area contributed by atoms with Crippen molar-refractivity contribution in [1.29, 1.82) is 0 Å². The maximum Gasteiger partial charge on any atom is 0.251 e. The maximum absolute atomic E-state index is 14.8. The number of benzene rings is 1. The molecule has 5 aliphatic carbocycles. The van der Waals surface area contributed by atoms with Gasteiger partial charge in [-0.25, -0.2) is 4.68 Å². The summed E-state index contributed by atoms with van der Waals surface area (Å²) in [6.07, 6.45) is 14.3. The third-order valence-electron chi connectivity index (χ3n) is 17.5. The molecule has 7 rings (SSSR count). The summed E-state index contributed by atoms with van der Waals surface area (Å²) < 4.78 is 1.72. The van der Waals surface area contributed by atoms with Gasteiger partial charge in [-0.05, 0) is 148 Å². The molecule has 2 N–H and O–H groups in total. The van der Waals surface area contributed by atoms with Gasteiger partial charge in [0.05, 0.1) is 30.8 Å². The Morgan fingerprint density at radius 1 is 0.912 bits per heavy atom. The zero-order valence-electron chi connectivity index (χ0n) is 36.6. The van der Waals surface area contributed by atoms with Crippen LogP contribution in [0.3, 0.4) is 0 Å². The van der Waals surface area contributed by atoms with Crippen LogP contribution in [0.5, 0.6) is 0 Å². The second kappa shape index (κ2) is 15.4. The van der Waals surface area contributed by atoms with Crippen LogP contribution in [0.15, 0.2) is 54.3 Å². The standard InChI is InChI=1S/C48H72N6O3/c1-32(2)36-18-23-48(25-24-46(6)37(41(36)48)16-17-39-45(5)21-20-40(55)44(3,4)38(45)19-22-47(39,46)7)43(57)49-29-35-31-54(51-50-35)30-34(28-33-14-12-11-13-15-33)42(56)53(10)27-26-52(8)9/h11-15,28,31,36-41,55H,1,16-27,29-30H2,2-10H3,(H,49,57)/b34-28+/t36-,37+,38-,39+,40-,41+,45-,46+,47+,48-/m0/s1. The Morgan fingerprint density at radius 3 is 2.35 bits per heavy atom. The zero-order chi connectivity index (χ0) is 41.1. The first-order valence-electron chi connectivity index (χ1n) is 22.0. The number of fused-ring (bicyclic) bond motifs is 7. The average molecular weight is 781 g/mol. The number of nitrogens with one attached hydrogen (secondary N) is 1. The Bertz CT molecular complexity index is 1850. The van der Waals surface area contributed by atoms with E-state index in [0.29, 0.717) is 48.0 Å². The predicted molar refractivity (Wildman–Crippen MR) is 227 cm³/mol. The molecule has 0 saturated heterocycles. The highest BCUT2D eigenvalue weighted by Gasteiger charge is 2.71. The minimum atomic E-state index is -0.416. The fourth-order valence-electron chi connectivity index (χ4n) is 14.2. The van der Waals surface area contributed by atoms with E-state index in [1.54, 1.807) is 9.58 Å². The van der Waals surface area contributed by atoms with Crippen LogP contribution in [-0.4, -0.2) is 82.1 Å². The fourth-order valence-corrected chi connectivity index (χ4v) is 14.2. The van der Waals surface area contributed by atoms with E-state index in [4.69, 9.17) is 0 Å². The predicted octanol–water partition coefficient (Wildman–Crippen LogP) is 8.02. The molecule has 57 heavy (non-hydrogen) atoms. The molecule has 2 aromatic rings. The van der Waals surface area contributed by atoms with Gasteiger partial charge >= 0.3 is 0 Å². The Morgan fingerprint density at radius 2 is 1.65 bits per heavy atom. The third-order valence-corrected chi connectivity index (χ3v) is 17.5. The molecule has 312 valence electrons. The van der Waals surface area contributed by atoms with Gasteiger partial charge in [0.2, 0.25) is 5.91 Å². The topological polar surface area (TPSA) is 104 Å². The molecule has 5 saturated carbocycles. The molecule has 9 nitrogen and oxygen atoms in total. The number of carbonyl (C=O) groups excluding carboxylic acids is 2. The number of nitrogens with zero attached hydrogens (tertiary/aromatic N) is 5. The van der Waals surface area contributed by atoms with Crippen molar-refractivity contribution in [2.24, 2.45) is 56.7 Å². The number of carbonyl (C=O) groups is 2. The van der Waals surface area contributed by atoms with Crippen molar-refractivity contribution in [3.63, 3.8) is 0 Å². The molecular formula is C48H72N6O3. The highest BCUT2D eigenvalue weighted by molar-refractivity contribution is 5.97. The lowest BCUT2D eigenvalue weighted by molar-refractivity contribution is -0.246. The van der Waals surface area contributed by atoms with Gasteiger partial charge in [-0.2, -0.15) is 0 Å². The second-order valence-electron chi connectivity index (χ2n) is 20.9. The summed E-state index contributed by atoms with van der Waals surface area (Å²) in [7, 11) is 5.85. The van der Waals surface area contributed by atoms with Gasteiger partial charge in [0.1, 0.15) is 5.69 Å². The largest absolute Gasteiger partial charge is 0.393 e. The Hall–Kier alpha value is -3.30.